The van der Waals surface area contributed by atoms with Gasteiger partial charge in [0, 0.05) is 18.7 Å². The van der Waals surface area contributed by atoms with Gasteiger partial charge in [0.25, 0.3) is 0 Å². The number of hydrogen-bond acceptors (Lipinski definition) is 8. The second kappa shape index (κ2) is 8.30. The first kappa shape index (κ1) is 20.6. The molecule has 146 valence electrons. The molecule has 0 saturated carbocycles. The van der Waals surface area contributed by atoms with Crippen molar-refractivity contribution in [2.75, 3.05) is 26.3 Å². The third-order valence-corrected chi connectivity index (χ3v) is 5.08. The van der Waals surface area contributed by atoms with Gasteiger partial charge in [-0.3, -0.25) is 4.90 Å². The molecule has 8 nitrogen and oxygen atoms in total. The lowest BCUT2D eigenvalue weighted by Gasteiger charge is -2.28. The molecule has 26 heavy (non-hydrogen) atoms. The van der Waals surface area contributed by atoms with E-state index in [0.717, 1.165) is 12.1 Å². The Balaban J connectivity index is 2.00. The van der Waals surface area contributed by atoms with Crippen LogP contribution >= 0.6 is 0 Å². The van der Waals surface area contributed by atoms with E-state index in [9.17, 15) is 24.9 Å². The highest BCUT2D eigenvalue weighted by Crippen LogP contribution is 2.32. The molecule has 2 rings (SSSR count). The molecule has 1 fully saturated rings. The highest BCUT2D eigenvalue weighted by Gasteiger charge is 2.45. The molecule has 0 aromatic heterocycles. The molecular formula is C18H27NO7. The number of allylic oxidation sites excluding steroid dienone is 1. The minimum atomic E-state index is -2.36. The number of ether oxygens (including phenoxy) is 2. The molecule has 4 atom stereocenters. The molecule has 2 heterocycles. The summed E-state index contributed by atoms with van der Waals surface area (Å²) in [7, 11) is 0. The van der Waals surface area contributed by atoms with Crippen LogP contribution in [0.2, 0.25) is 0 Å². The fraction of sp³-hybridized carbons (Fsp3) is 0.667. The van der Waals surface area contributed by atoms with Crippen molar-refractivity contribution in [3.05, 3.63) is 23.3 Å². The third kappa shape index (κ3) is 3.98. The molecule has 2 aliphatic heterocycles. The van der Waals surface area contributed by atoms with Crippen molar-refractivity contribution in [3.8, 4) is 0 Å². The predicted octanol–water partition coefficient (Wildman–Crippen LogP) is -0.474. The highest BCUT2D eigenvalue weighted by molar-refractivity contribution is 5.87. The summed E-state index contributed by atoms with van der Waals surface area (Å²) in [4.78, 5) is 26.2. The second-order valence-corrected chi connectivity index (χ2v) is 6.76. The largest absolute Gasteiger partial charge is 0.459 e. The van der Waals surface area contributed by atoms with Gasteiger partial charge in [0.15, 0.2) is 0 Å². The average Bonchev–Trinajstić information content (AvgIpc) is 3.20. The van der Waals surface area contributed by atoms with Crippen LogP contribution in [0, 0.1) is 0 Å². The van der Waals surface area contributed by atoms with E-state index in [4.69, 9.17) is 9.47 Å². The quantitative estimate of drug-likeness (QED) is 0.313. The number of carbonyl (C=O) groups excluding carboxylic acids is 2. The molecule has 0 amide bonds. The van der Waals surface area contributed by atoms with Crippen LogP contribution in [0.4, 0.5) is 0 Å². The maximum absolute atomic E-state index is 12.0. The van der Waals surface area contributed by atoms with Crippen LogP contribution in [0.25, 0.3) is 0 Å². The Hall–Kier alpha value is -1.74. The topological polar surface area (TPSA) is 117 Å². The summed E-state index contributed by atoms with van der Waals surface area (Å²) in [6.45, 7) is 5.03. The number of fused-ring (bicyclic) bond motifs is 1. The highest BCUT2D eigenvalue weighted by atomic mass is 16.6. The van der Waals surface area contributed by atoms with Crippen LogP contribution in [-0.2, 0) is 19.1 Å². The van der Waals surface area contributed by atoms with E-state index in [1.165, 1.54) is 6.92 Å². The zero-order chi connectivity index (χ0) is 19.5. The fourth-order valence-corrected chi connectivity index (χ4v) is 3.12. The van der Waals surface area contributed by atoms with Gasteiger partial charge in [-0.05, 0) is 32.8 Å². The van der Waals surface area contributed by atoms with Crippen molar-refractivity contribution in [3.63, 3.8) is 0 Å². The van der Waals surface area contributed by atoms with Gasteiger partial charge in [-0.15, -0.1) is 0 Å². The standard InChI is InChI=1S/C18H27NO7/c1-4-11(2)16(22)26-14-6-8-19-7-5-13(15(14)19)9-25-17(23)18(24,10-20)12(3)21/h4-5,12,14-15,20-21,24H,6-10H2,1-3H3/b11-4+/t12?,14-,15+,18?/m1/s1. The van der Waals surface area contributed by atoms with Crippen molar-refractivity contribution in [2.24, 2.45) is 0 Å². The molecule has 0 aliphatic carbocycles. The van der Waals surface area contributed by atoms with E-state index in [1.807, 2.05) is 6.08 Å². The summed E-state index contributed by atoms with van der Waals surface area (Å²) in [5.41, 5.74) is -1.05. The molecular weight excluding hydrogens is 342 g/mol. The van der Waals surface area contributed by atoms with Crippen molar-refractivity contribution in [2.45, 2.75) is 51.0 Å². The van der Waals surface area contributed by atoms with Gasteiger partial charge in [0.05, 0.1) is 18.8 Å². The fourth-order valence-electron chi connectivity index (χ4n) is 3.12. The van der Waals surface area contributed by atoms with Crippen molar-refractivity contribution >= 4 is 11.9 Å². The van der Waals surface area contributed by atoms with Gasteiger partial charge in [0.2, 0.25) is 5.60 Å². The Bertz CT molecular complexity index is 613. The summed E-state index contributed by atoms with van der Waals surface area (Å²) in [6, 6.07) is -0.176. The Morgan fingerprint density at radius 1 is 1.50 bits per heavy atom. The Labute approximate surface area is 152 Å². The monoisotopic (exact) mass is 369 g/mol. The molecule has 0 radical (unpaired) electrons. The van der Waals surface area contributed by atoms with E-state index in [-0.39, 0.29) is 24.7 Å². The summed E-state index contributed by atoms with van der Waals surface area (Å²) in [5.74, 6) is -1.46. The van der Waals surface area contributed by atoms with E-state index < -0.39 is 24.3 Å². The first-order valence-electron chi connectivity index (χ1n) is 8.70. The van der Waals surface area contributed by atoms with Crippen LogP contribution in [-0.4, -0.2) is 82.3 Å². The molecule has 0 bridgehead atoms. The zero-order valence-electron chi connectivity index (χ0n) is 15.3. The van der Waals surface area contributed by atoms with Crippen molar-refractivity contribution < 1.29 is 34.4 Å². The average molecular weight is 369 g/mol. The Morgan fingerprint density at radius 2 is 2.19 bits per heavy atom. The smallest absolute Gasteiger partial charge is 0.343 e. The zero-order valence-corrected chi connectivity index (χ0v) is 15.3. The van der Waals surface area contributed by atoms with Gasteiger partial charge in [-0.1, -0.05) is 12.2 Å². The van der Waals surface area contributed by atoms with Gasteiger partial charge in [-0.25, -0.2) is 9.59 Å². The number of nitrogens with zero attached hydrogens (tertiary/aromatic N) is 1. The van der Waals surface area contributed by atoms with Crippen molar-refractivity contribution in [1.82, 2.24) is 4.90 Å². The van der Waals surface area contributed by atoms with Crippen LogP contribution in [0.5, 0.6) is 0 Å². The van der Waals surface area contributed by atoms with Crippen LogP contribution in [0.3, 0.4) is 0 Å². The summed E-state index contributed by atoms with van der Waals surface area (Å²) >= 11 is 0. The first-order chi connectivity index (χ1) is 12.2. The molecule has 0 spiro atoms. The summed E-state index contributed by atoms with van der Waals surface area (Å²) in [5, 5.41) is 28.7. The number of aliphatic hydroxyl groups is 3. The van der Waals surface area contributed by atoms with Gasteiger partial charge >= 0.3 is 11.9 Å². The SMILES string of the molecule is C/C=C(\C)C(=O)O[C@@H]1CCN2CC=C(COC(=O)C(O)(CO)C(C)O)[C@@H]12. The van der Waals surface area contributed by atoms with Gasteiger partial charge in [0.1, 0.15) is 12.7 Å². The molecule has 0 aromatic carbocycles. The van der Waals surface area contributed by atoms with E-state index in [2.05, 4.69) is 4.90 Å². The maximum atomic E-state index is 12.0. The number of rotatable bonds is 7. The van der Waals surface area contributed by atoms with Crippen LogP contribution in [0.1, 0.15) is 27.2 Å². The molecule has 0 aromatic rings. The molecule has 3 N–H and O–H groups in total. The lowest BCUT2D eigenvalue weighted by Crippen LogP contribution is -2.52. The van der Waals surface area contributed by atoms with Gasteiger partial charge < -0.3 is 24.8 Å². The normalized spacial score (nSPS) is 26.7. The van der Waals surface area contributed by atoms with Crippen LogP contribution in [0.15, 0.2) is 23.3 Å². The van der Waals surface area contributed by atoms with Crippen molar-refractivity contribution in [1.29, 1.82) is 0 Å². The van der Waals surface area contributed by atoms with E-state index >= 15 is 0 Å². The Morgan fingerprint density at radius 3 is 2.77 bits per heavy atom. The van der Waals surface area contributed by atoms with E-state index in [1.54, 1.807) is 19.9 Å². The number of carbonyl (C=O) groups is 2. The van der Waals surface area contributed by atoms with Crippen LogP contribution < -0.4 is 0 Å². The lowest BCUT2D eigenvalue weighted by molar-refractivity contribution is -0.182. The number of hydrogen-bond donors (Lipinski definition) is 3. The second-order valence-electron chi connectivity index (χ2n) is 6.76. The van der Waals surface area contributed by atoms with Gasteiger partial charge in [-0.2, -0.15) is 0 Å². The lowest BCUT2D eigenvalue weighted by atomic mass is 9.99. The molecule has 2 unspecified atom stereocenters. The number of esters is 2. The summed E-state index contributed by atoms with van der Waals surface area (Å²) in [6.07, 6.45) is 2.47. The predicted molar refractivity (Wildman–Crippen MR) is 92.0 cm³/mol. The van der Waals surface area contributed by atoms with E-state index in [0.29, 0.717) is 18.5 Å². The minimum Gasteiger partial charge on any atom is -0.459 e. The number of aliphatic hydroxyl groups excluding tert-OH is 2. The molecule has 2 aliphatic rings. The molecule has 8 heteroatoms. The maximum Gasteiger partial charge on any atom is 0.343 e. The Kier molecular flexibility index (Phi) is 6.57. The first-order valence-corrected chi connectivity index (χ1v) is 8.70. The summed E-state index contributed by atoms with van der Waals surface area (Å²) < 4.78 is 10.7. The minimum absolute atomic E-state index is 0.105. The third-order valence-electron chi connectivity index (χ3n) is 5.08. The molecule has 1 saturated heterocycles.